The highest BCUT2D eigenvalue weighted by molar-refractivity contribution is 6.33. The molecule has 3 rings (SSSR count). The van der Waals surface area contributed by atoms with Gasteiger partial charge in [-0.2, -0.15) is 5.10 Å². The largest absolute Gasteiger partial charge is 0.496 e. The van der Waals surface area contributed by atoms with E-state index in [9.17, 15) is 4.79 Å². The molecule has 0 bridgehead atoms. The molecule has 7 heteroatoms. The van der Waals surface area contributed by atoms with Gasteiger partial charge in [0.1, 0.15) is 5.75 Å². The Kier molecular flexibility index (Phi) is 6.57. The first kappa shape index (κ1) is 20.5. The summed E-state index contributed by atoms with van der Waals surface area (Å²) in [6.45, 7) is 2.36. The Balaban J connectivity index is 1.82. The fourth-order valence-corrected chi connectivity index (χ4v) is 3.07. The molecule has 1 amide bonds. The lowest BCUT2D eigenvalue weighted by Crippen LogP contribution is -2.18. The van der Waals surface area contributed by atoms with Crippen LogP contribution in [0.2, 0.25) is 5.02 Å². The number of fused-ring (bicyclic) bond motifs is 1. The maximum absolute atomic E-state index is 12.6. The standard InChI is InChI=1S/C22H21ClN2O4/c1-4-29-21-12-18(23)16(11-20(21)28-3)13-24-25-22(26)17-9-14-7-5-6-8-15(14)10-19(17)27-2/h5-13H,4H2,1-3H3,(H,25,26)/b24-13-. The van der Waals surface area contributed by atoms with Gasteiger partial charge in [-0.25, -0.2) is 5.43 Å². The van der Waals surface area contributed by atoms with Gasteiger partial charge in [0.2, 0.25) is 0 Å². The van der Waals surface area contributed by atoms with E-state index in [-0.39, 0.29) is 0 Å². The fraction of sp³-hybridized carbons (Fsp3) is 0.182. The quantitative estimate of drug-likeness (QED) is 0.452. The second-order valence-electron chi connectivity index (χ2n) is 6.06. The molecule has 0 saturated heterocycles. The smallest absolute Gasteiger partial charge is 0.275 e. The van der Waals surface area contributed by atoms with Crippen LogP contribution in [0, 0.1) is 0 Å². The van der Waals surface area contributed by atoms with E-state index in [0.717, 1.165) is 10.8 Å². The van der Waals surface area contributed by atoms with Gasteiger partial charge in [0.15, 0.2) is 11.5 Å². The molecule has 0 saturated carbocycles. The lowest BCUT2D eigenvalue weighted by atomic mass is 10.1. The molecule has 3 aromatic carbocycles. The third kappa shape index (κ3) is 4.60. The summed E-state index contributed by atoms with van der Waals surface area (Å²) >= 11 is 6.28. The zero-order valence-corrected chi connectivity index (χ0v) is 17.1. The molecule has 0 heterocycles. The van der Waals surface area contributed by atoms with E-state index in [1.54, 1.807) is 25.3 Å². The Hall–Kier alpha value is -3.25. The molecule has 0 spiro atoms. The highest BCUT2D eigenvalue weighted by Gasteiger charge is 2.14. The van der Waals surface area contributed by atoms with Crippen molar-refractivity contribution in [2.45, 2.75) is 6.92 Å². The first-order valence-electron chi connectivity index (χ1n) is 8.97. The van der Waals surface area contributed by atoms with Crippen molar-refractivity contribution in [2.24, 2.45) is 5.10 Å². The number of carbonyl (C=O) groups excluding carboxylic acids is 1. The lowest BCUT2D eigenvalue weighted by Gasteiger charge is -2.11. The van der Waals surface area contributed by atoms with Crippen molar-refractivity contribution in [1.82, 2.24) is 5.43 Å². The van der Waals surface area contributed by atoms with E-state index in [2.05, 4.69) is 10.5 Å². The van der Waals surface area contributed by atoms with Gasteiger partial charge in [-0.05, 0) is 35.9 Å². The number of methoxy groups -OCH3 is 2. The Morgan fingerprint density at radius 3 is 2.38 bits per heavy atom. The van der Waals surface area contributed by atoms with Crippen LogP contribution in [-0.4, -0.2) is 32.9 Å². The van der Waals surface area contributed by atoms with Crippen molar-refractivity contribution >= 4 is 34.5 Å². The van der Waals surface area contributed by atoms with E-state index < -0.39 is 5.91 Å². The molecule has 1 N–H and O–H groups in total. The lowest BCUT2D eigenvalue weighted by molar-refractivity contribution is 0.0952. The average Bonchev–Trinajstić information content (AvgIpc) is 2.74. The summed E-state index contributed by atoms with van der Waals surface area (Å²) in [7, 11) is 3.07. The fourth-order valence-electron chi connectivity index (χ4n) is 2.86. The Bertz CT molecular complexity index is 1070. The van der Waals surface area contributed by atoms with Gasteiger partial charge in [-0.1, -0.05) is 35.9 Å². The van der Waals surface area contributed by atoms with Crippen LogP contribution < -0.4 is 19.6 Å². The Morgan fingerprint density at radius 2 is 1.72 bits per heavy atom. The minimum absolute atomic E-state index is 0.388. The van der Waals surface area contributed by atoms with Crippen molar-refractivity contribution in [2.75, 3.05) is 20.8 Å². The van der Waals surface area contributed by atoms with Crippen molar-refractivity contribution in [3.8, 4) is 17.2 Å². The molecule has 0 atom stereocenters. The molecular formula is C22H21ClN2O4. The summed E-state index contributed by atoms with van der Waals surface area (Å²) in [4.78, 5) is 12.6. The van der Waals surface area contributed by atoms with Gasteiger partial charge in [0.25, 0.3) is 5.91 Å². The number of hydrazone groups is 1. The van der Waals surface area contributed by atoms with Gasteiger partial charge >= 0.3 is 0 Å². The molecule has 29 heavy (non-hydrogen) atoms. The molecule has 150 valence electrons. The van der Waals surface area contributed by atoms with Gasteiger partial charge < -0.3 is 14.2 Å². The normalized spacial score (nSPS) is 10.9. The molecule has 0 aromatic heterocycles. The summed E-state index contributed by atoms with van der Waals surface area (Å²) in [5.41, 5.74) is 3.48. The number of benzene rings is 3. The van der Waals surface area contributed by atoms with Gasteiger partial charge in [0, 0.05) is 11.6 Å². The molecule has 0 fully saturated rings. The molecule has 0 aliphatic heterocycles. The van der Waals surface area contributed by atoms with Crippen LogP contribution in [0.3, 0.4) is 0 Å². The van der Waals surface area contributed by atoms with E-state index >= 15 is 0 Å². The summed E-state index contributed by atoms with van der Waals surface area (Å²) in [5.74, 6) is 1.15. The van der Waals surface area contributed by atoms with Crippen molar-refractivity contribution in [1.29, 1.82) is 0 Å². The third-order valence-electron chi connectivity index (χ3n) is 4.26. The molecule has 0 aliphatic carbocycles. The number of amides is 1. The predicted octanol–water partition coefficient (Wildman–Crippen LogP) is 4.67. The predicted molar refractivity (Wildman–Crippen MR) is 115 cm³/mol. The summed E-state index contributed by atoms with van der Waals surface area (Å²) in [6.07, 6.45) is 1.45. The molecule has 3 aromatic rings. The van der Waals surface area contributed by atoms with Crippen LogP contribution >= 0.6 is 11.6 Å². The maximum atomic E-state index is 12.6. The third-order valence-corrected chi connectivity index (χ3v) is 4.59. The summed E-state index contributed by atoms with van der Waals surface area (Å²) in [5, 5.41) is 6.37. The van der Waals surface area contributed by atoms with E-state index in [4.69, 9.17) is 25.8 Å². The highest BCUT2D eigenvalue weighted by Crippen LogP contribution is 2.32. The molecule has 0 unspecified atom stereocenters. The highest BCUT2D eigenvalue weighted by atomic mass is 35.5. The zero-order valence-electron chi connectivity index (χ0n) is 16.4. The number of hydrogen-bond donors (Lipinski definition) is 1. The number of halogens is 1. The van der Waals surface area contributed by atoms with Crippen molar-refractivity contribution < 1.29 is 19.0 Å². The zero-order chi connectivity index (χ0) is 20.8. The molecular weight excluding hydrogens is 392 g/mol. The minimum atomic E-state index is -0.391. The number of hydrogen-bond acceptors (Lipinski definition) is 5. The van der Waals surface area contributed by atoms with Crippen LogP contribution in [0.15, 0.2) is 53.6 Å². The van der Waals surface area contributed by atoms with Crippen LogP contribution in [0.25, 0.3) is 10.8 Å². The van der Waals surface area contributed by atoms with Crippen molar-refractivity contribution in [3.63, 3.8) is 0 Å². The minimum Gasteiger partial charge on any atom is -0.496 e. The molecule has 0 radical (unpaired) electrons. The average molecular weight is 413 g/mol. The van der Waals surface area contributed by atoms with Gasteiger partial charge in [0.05, 0.1) is 37.6 Å². The Labute approximate surface area is 174 Å². The summed E-state index contributed by atoms with van der Waals surface area (Å²) < 4.78 is 16.2. The van der Waals surface area contributed by atoms with Crippen LogP contribution in [0.4, 0.5) is 0 Å². The second kappa shape index (κ2) is 9.30. The number of nitrogens with one attached hydrogen (secondary N) is 1. The van der Waals surface area contributed by atoms with Gasteiger partial charge in [-0.15, -0.1) is 0 Å². The topological polar surface area (TPSA) is 69.2 Å². The van der Waals surface area contributed by atoms with E-state index in [0.29, 0.717) is 40.0 Å². The number of rotatable bonds is 7. The Morgan fingerprint density at radius 1 is 1.03 bits per heavy atom. The first-order valence-corrected chi connectivity index (χ1v) is 9.35. The SMILES string of the molecule is CCOc1cc(Cl)c(/C=N\NC(=O)c2cc3ccccc3cc2OC)cc1OC. The van der Waals surface area contributed by atoms with Crippen LogP contribution in [0.1, 0.15) is 22.8 Å². The first-order chi connectivity index (χ1) is 14.1. The monoisotopic (exact) mass is 412 g/mol. The number of ether oxygens (including phenoxy) is 3. The van der Waals surface area contributed by atoms with E-state index in [1.807, 2.05) is 37.3 Å². The van der Waals surface area contributed by atoms with Gasteiger partial charge in [-0.3, -0.25) is 4.79 Å². The number of nitrogens with zero attached hydrogens (tertiary/aromatic N) is 1. The maximum Gasteiger partial charge on any atom is 0.275 e. The van der Waals surface area contributed by atoms with Crippen molar-refractivity contribution in [3.05, 3.63) is 64.7 Å². The molecule has 0 aliphatic rings. The second-order valence-corrected chi connectivity index (χ2v) is 6.46. The van der Waals surface area contributed by atoms with Crippen LogP contribution in [0.5, 0.6) is 17.2 Å². The summed E-state index contributed by atoms with van der Waals surface area (Å²) in [6, 6.07) is 14.7. The molecule has 6 nitrogen and oxygen atoms in total. The number of carbonyl (C=O) groups is 1. The van der Waals surface area contributed by atoms with E-state index in [1.165, 1.54) is 13.3 Å². The van der Waals surface area contributed by atoms with Crippen LogP contribution in [-0.2, 0) is 0 Å².